The van der Waals surface area contributed by atoms with Crippen LogP contribution in [0.15, 0.2) is 18.2 Å². The van der Waals surface area contributed by atoms with E-state index in [4.69, 9.17) is 5.73 Å². The first kappa shape index (κ1) is 13.0. The number of nitrogens with one attached hydrogen (secondary N) is 1. The molecule has 1 saturated carbocycles. The molecule has 0 saturated heterocycles. The molecule has 1 aliphatic rings. The molecule has 3 atom stereocenters. The molecule has 3 N–H and O–H groups in total. The molecule has 0 amide bonds. The molecule has 1 fully saturated rings. The van der Waals surface area contributed by atoms with Crippen molar-refractivity contribution < 1.29 is 0 Å². The van der Waals surface area contributed by atoms with Crippen molar-refractivity contribution in [1.82, 2.24) is 0 Å². The second kappa shape index (κ2) is 5.46. The Balaban J connectivity index is 2.09. The molecular weight excluding hydrogens is 323 g/mol. The van der Waals surface area contributed by atoms with Crippen molar-refractivity contribution in [2.75, 3.05) is 11.1 Å². The van der Waals surface area contributed by atoms with Gasteiger partial charge in [0.25, 0.3) is 0 Å². The van der Waals surface area contributed by atoms with E-state index in [2.05, 4.69) is 47.8 Å². The Bertz CT molecular complexity index is 392. The number of hydrogen-bond acceptors (Lipinski definition) is 2. The number of benzene rings is 1. The molecule has 17 heavy (non-hydrogen) atoms. The van der Waals surface area contributed by atoms with E-state index in [-0.39, 0.29) is 0 Å². The maximum atomic E-state index is 5.78. The summed E-state index contributed by atoms with van der Waals surface area (Å²) in [4.78, 5) is 0. The first-order valence-electron chi connectivity index (χ1n) is 6.39. The van der Waals surface area contributed by atoms with Crippen LogP contribution in [0.4, 0.5) is 11.4 Å². The normalized spacial score (nSPS) is 29.0. The van der Waals surface area contributed by atoms with E-state index in [9.17, 15) is 0 Å². The van der Waals surface area contributed by atoms with Gasteiger partial charge in [0.05, 0.1) is 0 Å². The van der Waals surface area contributed by atoms with E-state index in [0.717, 1.165) is 17.5 Å². The van der Waals surface area contributed by atoms with E-state index in [1.54, 1.807) is 0 Å². The second-order valence-electron chi connectivity index (χ2n) is 5.26. The van der Waals surface area contributed by atoms with Crippen molar-refractivity contribution >= 4 is 34.0 Å². The van der Waals surface area contributed by atoms with Gasteiger partial charge in [-0.05, 0) is 59.0 Å². The summed E-state index contributed by atoms with van der Waals surface area (Å²) >= 11 is 2.35. The lowest BCUT2D eigenvalue weighted by atomic mass is 9.78. The van der Waals surface area contributed by atoms with Crippen LogP contribution in [-0.4, -0.2) is 6.04 Å². The van der Waals surface area contributed by atoms with Crippen molar-refractivity contribution in [2.24, 2.45) is 11.8 Å². The number of nitrogen functional groups attached to an aromatic ring is 1. The fraction of sp³-hybridized carbons (Fsp3) is 0.571. The lowest BCUT2D eigenvalue weighted by Gasteiger charge is -2.35. The van der Waals surface area contributed by atoms with E-state index in [1.807, 2.05) is 12.1 Å². The van der Waals surface area contributed by atoms with E-state index < -0.39 is 0 Å². The monoisotopic (exact) mass is 344 g/mol. The topological polar surface area (TPSA) is 38.0 Å². The molecular formula is C14H21IN2. The van der Waals surface area contributed by atoms with Crippen molar-refractivity contribution in [3.63, 3.8) is 0 Å². The fourth-order valence-corrected chi connectivity index (χ4v) is 3.33. The van der Waals surface area contributed by atoms with Gasteiger partial charge in [-0.2, -0.15) is 0 Å². The van der Waals surface area contributed by atoms with Crippen LogP contribution >= 0.6 is 22.6 Å². The number of nitrogens with two attached hydrogens (primary N) is 1. The Kier molecular flexibility index (Phi) is 4.17. The van der Waals surface area contributed by atoms with Crippen LogP contribution in [0.5, 0.6) is 0 Å². The Hall–Kier alpha value is -0.450. The number of halogens is 1. The third-order valence-corrected chi connectivity index (χ3v) is 4.93. The zero-order chi connectivity index (χ0) is 12.4. The zero-order valence-electron chi connectivity index (χ0n) is 10.5. The highest BCUT2D eigenvalue weighted by atomic mass is 127. The van der Waals surface area contributed by atoms with Gasteiger partial charge in [0.2, 0.25) is 0 Å². The van der Waals surface area contributed by atoms with Crippen LogP contribution in [-0.2, 0) is 0 Å². The predicted octanol–water partition coefficient (Wildman–Crippen LogP) is 4.11. The summed E-state index contributed by atoms with van der Waals surface area (Å²) in [5.74, 6) is 1.57. The molecule has 3 unspecified atom stereocenters. The minimum Gasteiger partial charge on any atom is -0.399 e. The minimum absolute atomic E-state index is 0.607. The molecule has 2 nitrogen and oxygen atoms in total. The van der Waals surface area contributed by atoms with Gasteiger partial charge in [0.1, 0.15) is 0 Å². The Morgan fingerprint density at radius 3 is 2.76 bits per heavy atom. The summed E-state index contributed by atoms with van der Waals surface area (Å²) in [6, 6.07) is 6.71. The predicted molar refractivity (Wildman–Crippen MR) is 83.2 cm³/mol. The molecule has 94 valence electrons. The Labute approximate surface area is 117 Å². The van der Waals surface area contributed by atoms with Crippen LogP contribution in [0, 0.1) is 15.4 Å². The van der Waals surface area contributed by atoms with E-state index >= 15 is 0 Å². The molecule has 2 rings (SSSR count). The van der Waals surface area contributed by atoms with Gasteiger partial charge in [-0.25, -0.2) is 0 Å². The lowest BCUT2D eigenvalue weighted by Crippen LogP contribution is -2.35. The maximum Gasteiger partial charge on any atom is 0.0479 e. The van der Waals surface area contributed by atoms with Gasteiger partial charge in [0, 0.05) is 21.0 Å². The first-order valence-corrected chi connectivity index (χ1v) is 7.47. The average Bonchev–Trinajstić information content (AvgIpc) is 2.28. The summed E-state index contributed by atoms with van der Waals surface area (Å²) in [6.07, 6.45) is 4.00. The molecule has 1 aliphatic carbocycles. The van der Waals surface area contributed by atoms with Crippen LogP contribution in [0.3, 0.4) is 0 Å². The maximum absolute atomic E-state index is 5.78. The average molecular weight is 344 g/mol. The minimum atomic E-state index is 0.607. The van der Waals surface area contributed by atoms with Gasteiger partial charge in [0.15, 0.2) is 0 Å². The van der Waals surface area contributed by atoms with E-state index in [1.165, 1.54) is 28.5 Å². The lowest BCUT2D eigenvalue weighted by molar-refractivity contribution is 0.253. The zero-order valence-corrected chi connectivity index (χ0v) is 12.7. The summed E-state index contributed by atoms with van der Waals surface area (Å²) in [7, 11) is 0. The van der Waals surface area contributed by atoms with Crippen LogP contribution < -0.4 is 11.1 Å². The third kappa shape index (κ3) is 3.06. The smallest absolute Gasteiger partial charge is 0.0479 e. The molecule has 0 radical (unpaired) electrons. The van der Waals surface area contributed by atoms with Crippen LogP contribution in [0.1, 0.15) is 33.1 Å². The Morgan fingerprint density at radius 1 is 1.29 bits per heavy atom. The number of anilines is 2. The van der Waals surface area contributed by atoms with Gasteiger partial charge in [-0.3, -0.25) is 0 Å². The van der Waals surface area contributed by atoms with Crippen LogP contribution in [0.25, 0.3) is 0 Å². The number of hydrogen-bond donors (Lipinski definition) is 2. The standard InChI is InChI=1S/C14H21IN2/c1-9-4-3-5-13(10(9)2)17-14-7-6-11(16)8-12(14)15/h6-10,13,17H,3-5,16H2,1-2H3. The SMILES string of the molecule is CC1CCCC(Nc2ccc(N)cc2I)C1C. The highest BCUT2D eigenvalue weighted by Gasteiger charge is 2.27. The molecule has 1 aromatic carbocycles. The van der Waals surface area contributed by atoms with Crippen molar-refractivity contribution in [3.8, 4) is 0 Å². The summed E-state index contributed by atoms with van der Waals surface area (Å²) in [5, 5.41) is 3.69. The summed E-state index contributed by atoms with van der Waals surface area (Å²) in [6.45, 7) is 4.73. The van der Waals surface area contributed by atoms with Gasteiger partial charge >= 0.3 is 0 Å². The van der Waals surface area contributed by atoms with Crippen molar-refractivity contribution in [1.29, 1.82) is 0 Å². The molecule has 0 bridgehead atoms. The quantitative estimate of drug-likeness (QED) is 0.626. The summed E-state index contributed by atoms with van der Waals surface area (Å²) < 4.78 is 1.22. The molecule has 0 spiro atoms. The molecule has 1 aromatic rings. The van der Waals surface area contributed by atoms with Gasteiger partial charge < -0.3 is 11.1 Å². The first-order chi connectivity index (χ1) is 8.08. The van der Waals surface area contributed by atoms with E-state index in [0.29, 0.717) is 6.04 Å². The second-order valence-corrected chi connectivity index (χ2v) is 6.42. The summed E-state index contributed by atoms with van der Waals surface area (Å²) in [5.41, 5.74) is 7.84. The van der Waals surface area contributed by atoms with Crippen molar-refractivity contribution in [3.05, 3.63) is 21.8 Å². The van der Waals surface area contributed by atoms with Gasteiger partial charge in [-0.15, -0.1) is 0 Å². The largest absolute Gasteiger partial charge is 0.399 e. The highest BCUT2D eigenvalue weighted by Crippen LogP contribution is 2.32. The number of rotatable bonds is 2. The highest BCUT2D eigenvalue weighted by molar-refractivity contribution is 14.1. The third-order valence-electron chi connectivity index (χ3n) is 4.04. The van der Waals surface area contributed by atoms with Crippen LogP contribution in [0.2, 0.25) is 0 Å². The Morgan fingerprint density at radius 2 is 2.06 bits per heavy atom. The van der Waals surface area contributed by atoms with Gasteiger partial charge in [-0.1, -0.05) is 26.7 Å². The molecule has 0 heterocycles. The van der Waals surface area contributed by atoms with Crippen molar-refractivity contribution in [2.45, 2.75) is 39.2 Å². The molecule has 3 heteroatoms. The molecule has 0 aromatic heterocycles. The fourth-order valence-electron chi connectivity index (χ4n) is 2.63. The molecule has 0 aliphatic heterocycles.